The molecular weight excluding hydrogens is 218 g/mol. The molecule has 0 saturated heterocycles. The Morgan fingerprint density at radius 1 is 1.31 bits per heavy atom. The lowest BCUT2D eigenvalue weighted by Gasteiger charge is -2.04. The maximum absolute atomic E-state index is 5.12. The van der Waals surface area contributed by atoms with Crippen molar-refractivity contribution in [3.05, 3.63) is 24.3 Å². The lowest BCUT2D eigenvalue weighted by molar-refractivity contribution is 0.414. The molecule has 1 aliphatic carbocycles. The Morgan fingerprint density at radius 2 is 2.06 bits per heavy atom. The van der Waals surface area contributed by atoms with Gasteiger partial charge in [-0.2, -0.15) is 0 Å². The molecule has 0 spiro atoms. The Labute approximate surface area is 102 Å². The highest BCUT2D eigenvalue weighted by molar-refractivity contribution is 7.99. The van der Waals surface area contributed by atoms with Crippen molar-refractivity contribution in [3.63, 3.8) is 0 Å². The molecule has 0 aromatic heterocycles. The zero-order chi connectivity index (χ0) is 11.2. The molecule has 1 aromatic carbocycles. The molecule has 0 atom stereocenters. The van der Waals surface area contributed by atoms with Crippen LogP contribution in [0.2, 0.25) is 0 Å². The van der Waals surface area contributed by atoms with E-state index in [4.69, 9.17) is 4.74 Å². The van der Waals surface area contributed by atoms with Gasteiger partial charge in [0, 0.05) is 17.2 Å². The van der Waals surface area contributed by atoms with Crippen molar-refractivity contribution in [2.45, 2.75) is 17.7 Å². The number of rotatable bonds is 7. The lowest BCUT2D eigenvalue weighted by Crippen LogP contribution is -2.19. The van der Waals surface area contributed by atoms with Gasteiger partial charge in [0.15, 0.2) is 0 Å². The van der Waals surface area contributed by atoms with Crippen LogP contribution in [0.25, 0.3) is 0 Å². The van der Waals surface area contributed by atoms with E-state index in [2.05, 4.69) is 17.4 Å². The molecule has 0 aliphatic heterocycles. The van der Waals surface area contributed by atoms with Crippen molar-refractivity contribution in [2.75, 3.05) is 26.0 Å². The van der Waals surface area contributed by atoms with Crippen molar-refractivity contribution < 1.29 is 4.74 Å². The van der Waals surface area contributed by atoms with Crippen LogP contribution in [0.4, 0.5) is 0 Å². The molecule has 1 N–H and O–H groups in total. The fraction of sp³-hybridized carbons (Fsp3) is 0.538. The number of hydrogen-bond donors (Lipinski definition) is 1. The minimum atomic E-state index is 0.927. The molecule has 88 valence electrons. The van der Waals surface area contributed by atoms with E-state index in [0.29, 0.717) is 0 Å². The largest absolute Gasteiger partial charge is 0.497 e. The van der Waals surface area contributed by atoms with E-state index in [1.807, 2.05) is 23.9 Å². The van der Waals surface area contributed by atoms with Gasteiger partial charge in [-0.1, -0.05) is 0 Å². The lowest BCUT2D eigenvalue weighted by atomic mass is 10.3. The maximum atomic E-state index is 5.12. The maximum Gasteiger partial charge on any atom is 0.118 e. The van der Waals surface area contributed by atoms with E-state index in [-0.39, 0.29) is 0 Å². The smallest absolute Gasteiger partial charge is 0.118 e. The summed E-state index contributed by atoms with van der Waals surface area (Å²) in [7, 11) is 1.70. The van der Waals surface area contributed by atoms with Gasteiger partial charge in [0.05, 0.1) is 7.11 Å². The molecule has 3 heteroatoms. The van der Waals surface area contributed by atoms with Gasteiger partial charge in [0.25, 0.3) is 0 Å². The quantitative estimate of drug-likeness (QED) is 0.582. The minimum Gasteiger partial charge on any atom is -0.497 e. The highest BCUT2D eigenvalue weighted by Gasteiger charge is 2.19. The monoisotopic (exact) mass is 237 g/mol. The summed E-state index contributed by atoms with van der Waals surface area (Å²) in [5.74, 6) is 3.04. The molecular formula is C13H19NOS. The molecule has 0 unspecified atom stereocenters. The summed E-state index contributed by atoms with van der Waals surface area (Å²) >= 11 is 1.89. The summed E-state index contributed by atoms with van der Waals surface area (Å²) in [5.41, 5.74) is 0. The fourth-order valence-corrected chi connectivity index (χ4v) is 2.35. The predicted octanol–water partition coefficient (Wildman–Crippen LogP) is 2.79. The van der Waals surface area contributed by atoms with Crippen LogP contribution in [0.15, 0.2) is 29.2 Å². The standard InChI is InChI=1S/C13H19NOS/c1-15-12-4-6-13(7-5-12)16-9-8-14-10-11-2-3-11/h4-7,11,14H,2-3,8-10H2,1H3. The zero-order valence-corrected chi connectivity index (χ0v) is 10.6. The van der Waals surface area contributed by atoms with Crippen LogP contribution in [0, 0.1) is 5.92 Å². The van der Waals surface area contributed by atoms with Crippen LogP contribution in [0.3, 0.4) is 0 Å². The average Bonchev–Trinajstić information content (AvgIpc) is 3.13. The van der Waals surface area contributed by atoms with Gasteiger partial charge < -0.3 is 10.1 Å². The molecule has 1 aliphatic rings. The SMILES string of the molecule is COc1ccc(SCCNCC2CC2)cc1. The summed E-state index contributed by atoms with van der Waals surface area (Å²) in [5, 5.41) is 3.49. The second-order valence-electron chi connectivity index (χ2n) is 4.17. The second-order valence-corrected chi connectivity index (χ2v) is 5.34. The van der Waals surface area contributed by atoms with E-state index in [1.165, 1.54) is 24.3 Å². The van der Waals surface area contributed by atoms with E-state index in [9.17, 15) is 0 Å². The highest BCUT2D eigenvalue weighted by atomic mass is 32.2. The van der Waals surface area contributed by atoms with Crippen molar-refractivity contribution >= 4 is 11.8 Å². The fourth-order valence-electron chi connectivity index (χ4n) is 1.54. The molecule has 2 rings (SSSR count). The number of methoxy groups -OCH3 is 1. The van der Waals surface area contributed by atoms with Gasteiger partial charge in [0.1, 0.15) is 5.75 Å². The average molecular weight is 237 g/mol. The number of benzene rings is 1. The van der Waals surface area contributed by atoms with Crippen LogP contribution in [0.1, 0.15) is 12.8 Å². The van der Waals surface area contributed by atoms with Gasteiger partial charge in [-0.3, -0.25) is 0 Å². The summed E-state index contributed by atoms with van der Waals surface area (Å²) in [6, 6.07) is 8.26. The van der Waals surface area contributed by atoms with E-state index in [0.717, 1.165) is 24.0 Å². The van der Waals surface area contributed by atoms with Crippen LogP contribution >= 0.6 is 11.8 Å². The first-order valence-electron chi connectivity index (χ1n) is 5.86. The Morgan fingerprint density at radius 3 is 2.69 bits per heavy atom. The van der Waals surface area contributed by atoms with Crippen molar-refractivity contribution in [1.29, 1.82) is 0 Å². The summed E-state index contributed by atoms with van der Waals surface area (Å²) in [6.07, 6.45) is 2.86. The summed E-state index contributed by atoms with van der Waals surface area (Å²) in [6.45, 7) is 2.32. The molecule has 1 saturated carbocycles. The van der Waals surface area contributed by atoms with E-state index < -0.39 is 0 Å². The Hall–Kier alpha value is -0.670. The van der Waals surface area contributed by atoms with Crippen LogP contribution in [-0.4, -0.2) is 26.0 Å². The number of nitrogens with one attached hydrogen (secondary N) is 1. The van der Waals surface area contributed by atoms with Crippen molar-refractivity contribution in [2.24, 2.45) is 5.92 Å². The Balaban J connectivity index is 1.60. The molecule has 16 heavy (non-hydrogen) atoms. The molecule has 2 nitrogen and oxygen atoms in total. The van der Waals surface area contributed by atoms with E-state index in [1.54, 1.807) is 7.11 Å². The highest BCUT2D eigenvalue weighted by Crippen LogP contribution is 2.27. The van der Waals surface area contributed by atoms with Gasteiger partial charge in [0.2, 0.25) is 0 Å². The summed E-state index contributed by atoms with van der Waals surface area (Å²) < 4.78 is 5.12. The van der Waals surface area contributed by atoms with E-state index >= 15 is 0 Å². The van der Waals surface area contributed by atoms with Gasteiger partial charge in [-0.25, -0.2) is 0 Å². The zero-order valence-electron chi connectivity index (χ0n) is 9.74. The molecule has 1 aromatic rings. The molecule has 0 bridgehead atoms. The van der Waals surface area contributed by atoms with Crippen molar-refractivity contribution in [3.8, 4) is 5.75 Å². The second kappa shape index (κ2) is 6.16. The van der Waals surface area contributed by atoms with Gasteiger partial charge in [-0.05, 0) is 49.6 Å². The first kappa shape index (κ1) is 11.8. The first-order chi connectivity index (χ1) is 7.88. The van der Waals surface area contributed by atoms with Gasteiger partial charge >= 0.3 is 0 Å². The van der Waals surface area contributed by atoms with Crippen molar-refractivity contribution in [1.82, 2.24) is 5.32 Å². The summed E-state index contributed by atoms with van der Waals surface area (Å²) in [4.78, 5) is 1.31. The molecule has 0 amide bonds. The third-order valence-electron chi connectivity index (χ3n) is 2.74. The first-order valence-corrected chi connectivity index (χ1v) is 6.84. The van der Waals surface area contributed by atoms with Crippen LogP contribution in [-0.2, 0) is 0 Å². The third kappa shape index (κ3) is 4.06. The minimum absolute atomic E-state index is 0.927. The Kier molecular flexibility index (Phi) is 4.55. The van der Waals surface area contributed by atoms with Crippen LogP contribution in [0.5, 0.6) is 5.75 Å². The topological polar surface area (TPSA) is 21.3 Å². The Bertz CT molecular complexity index is 308. The number of hydrogen-bond acceptors (Lipinski definition) is 3. The normalized spacial score (nSPS) is 15.1. The van der Waals surface area contributed by atoms with Crippen LogP contribution < -0.4 is 10.1 Å². The van der Waals surface area contributed by atoms with Gasteiger partial charge in [-0.15, -0.1) is 11.8 Å². The molecule has 1 fully saturated rings. The molecule has 0 radical (unpaired) electrons. The number of ether oxygens (including phenoxy) is 1. The molecule has 0 heterocycles. The number of thioether (sulfide) groups is 1. The predicted molar refractivity (Wildman–Crippen MR) is 69.3 cm³/mol. The third-order valence-corrected chi connectivity index (χ3v) is 3.75.